The molecule has 1 aromatic heterocycles. The van der Waals surface area contributed by atoms with Gasteiger partial charge in [0, 0.05) is 17.4 Å². The van der Waals surface area contributed by atoms with Crippen molar-refractivity contribution >= 4 is 35.2 Å². The van der Waals surface area contributed by atoms with Gasteiger partial charge in [0.1, 0.15) is 11.6 Å². The molecule has 1 fully saturated rings. The Morgan fingerprint density at radius 3 is 2.56 bits per heavy atom. The van der Waals surface area contributed by atoms with E-state index in [4.69, 9.17) is 5.84 Å². The van der Waals surface area contributed by atoms with Gasteiger partial charge >= 0.3 is 0 Å². The van der Waals surface area contributed by atoms with Crippen LogP contribution in [0.2, 0.25) is 0 Å². The first-order chi connectivity index (χ1) is 8.71. The van der Waals surface area contributed by atoms with Crippen molar-refractivity contribution < 1.29 is 0 Å². The van der Waals surface area contributed by atoms with Crippen molar-refractivity contribution in [1.29, 1.82) is 0 Å². The molecule has 0 saturated heterocycles. The third-order valence-electron chi connectivity index (χ3n) is 3.33. The molecule has 7 heteroatoms. The lowest BCUT2D eigenvalue weighted by molar-refractivity contribution is 0.379. The number of thioether (sulfide) groups is 2. The smallest absolute Gasteiger partial charge is 0.191 e. The van der Waals surface area contributed by atoms with Crippen molar-refractivity contribution in [2.45, 2.75) is 29.2 Å². The Balaban J connectivity index is 2.04. The summed E-state index contributed by atoms with van der Waals surface area (Å²) in [7, 11) is 0. The summed E-state index contributed by atoms with van der Waals surface area (Å²) < 4.78 is 0.390. The maximum atomic E-state index is 5.41. The zero-order valence-corrected chi connectivity index (χ0v) is 12.3. The Morgan fingerprint density at radius 2 is 2.06 bits per heavy atom. The van der Waals surface area contributed by atoms with E-state index in [0.717, 1.165) is 17.5 Å². The van der Waals surface area contributed by atoms with Crippen LogP contribution in [0.1, 0.15) is 19.3 Å². The molecule has 2 rings (SSSR count). The van der Waals surface area contributed by atoms with Gasteiger partial charge in [-0.2, -0.15) is 11.8 Å². The summed E-state index contributed by atoms with van der Waals surface area (Å²) in [4.78, 5) is 8.67. The molecule has 0 unspecified atom stereocenters. The van der Waals surface area contributed by atoms with E-state index < -0.39 is 0 Å². The molecule has 0 aromatic carbocycles. The Kier molecular flexibility index (Phi) is 4.58. The van der Waals surface area contributed by atoms with Crippen LogP contribution < -0.4 is 16.6 Å². The molecular weight excluding hydrogens is 266 g/mol. The average molecular weight is 285 g/mol. The lowest BCUT2D eigenvalue weighted by atomic mass is 9.84. The highest BCUT2D eigenvalue weighted by atomic mass is 32.2. The molecule has 1 heterocycles. The lowest BCUT2D eigenvalue weighted by Crippen LogP contribution is -2.40. The molecule has 0 bridgehead atoms. The lowest BCUT2D eigenvalue weighted by Gasteiger charge is -2.40. The van der Waals surface area contributed by atoms with Gasteiger partial charge < -0.3 is 10.7 Å². The minimum absolute atomic E-state index is 0.390. The summed E-state index contributed by atoms with van der Waals surface area (Å²) in [6, 6.07) is 1.84. The monoisotopic (exact) mass is 285 g/mol. The zero-order valence-electron chi connectivity index (χ0n) is 10.7. The molecule has 4 N–H and O–H groups in total. The van der Waals surface area contributed by atoms with E-state index in [-0.39, 0.29) is 0 Å². The van der Waals surface area contributed by atoms with Crippen molar-refractivity contribution in [3.05, 3.63) is 6.07 Å². The molecule has 1 aromatic rings. The molecule has 0 amide bonds. The minimum Gasteiger partial charge on any atom is -0.368 e. The van der Waals surface area contributed by atoms with Gasteiger partial charge in [-0.05, 0) is 25.4 Å². The zero-order chi connectivity index (χ0) is 13.0. The van der Waals surface area contributed by atoms with Crippen LogP contribution in [0, 0.1) is 0 Å². The van der Waals surface area contributed by atoms with Crippen LogP contribution in [0.4, 0.5) is 11.6 Å². The molecule has 1 saturated carbocycles. The number of nitrogen functional groups attached to an aromatic ring is 1. The van der Waals surface area contributed by atoms with Crippen LogP contribution in [0.25, 0.3) is 0 Å². The molecular formula is C11H19N5S2. The first kappa shape index (κ1) is 13.8. The predicted molar refractivity (Wildman–Crippen MR) is 80.2 cm³/mol. The van der Waals surface area contributed by atoms with Gasteiger partial charge in [-0.3, -0.25) is 0 Å². The Morgan fingerprint density at radius 1 is 1.33 bits per heavy atom. The second-order valence-electron chi connectivity index (χ2n) is 4.36. The highest BCUT2D eigenvalue weighted by molar-refractivity contribution is 8.00. The fourth-order valence-electron chi connectivity index (χ4n) is 1.96. The van der Waals surface area contributed by atoms with Gasteiger partial charge in [0.15, 0.2) is 5.16 Å². The average Bonchev–Trinajstić information content (AvgIpc) is 2.37. The summed E-state index contributed by atoms with van der Waals surface area (Å²) in [5.41, 5.74) is 2.57. The normalized spacial score (nSPS) is 17.1. The van der Waals surface area contributed by atoms with E-state index in [9.17, 15) is 0 Å². The fourth-order valence-corrected chi connectivity index (χ4v) is 3.25. The van der Waals surface area contributed by atoms with E-state index >= 15 is 0 Å². The highest BCUT2D eigenvalue weighted by Crippen LogP contribution is 2.42. The summed E-state index contributed by atoms with van der Waals surface area (Å²) in [5.74, 6) is 6.88. The van der Waals surface area contributed by atoms with Crippen LogP contribution in [0.15, 0.2) is 11.2 Å². The summed E-state index contributed by atoms with van der Waals surface area (Å²) in [6.07, 6.45) is 8.03. The Labute approximate surface area is 116 Å². The first-order valence-corrected chi connectivity index (χ1v) is 8.35. The molecule has 0 aliphatic heterocycles. The maximum Gasteiger partial charge on any atom is 0.191 e. The summed E-state index contributed by atoms with van der Waals surface area (Å²) in [5, 5.41) is 4.13. The second-order valence-corrected chi connectivity index (χ2v) is 6.41. The fraction of sp³-hybridized carbons (Fsp3) is 0.636. The number of aromatic nitrogens is 2. The maximum absolute atomic E-state index is 5.41. The SMILES string of the molecule is CSc1nc(NN)cc(NCC2(SC)CCC2)n1. The van der Waals surface area contributed by atoms with Gasteiger partial charge in [-0.1, -0.05) is 18.2 Å². The number of rotatable bonds is 6. The van der Waals surface area contributed by atoms with Crippen molar-refractivity contribution in [2.75, 3.05) is 29.8 Å². The second kappa shape index (κ2) is 5.99. The first-order valence-electron chi connectivity index (χ1n) is 5.90. The van der Waals surface area contributed by atoms with Gasteiger partial charge in [-0.25, -0.2) is 15.8 Å². The molecule has 100 valence electrons. The van der Waals surface area contributed by atoms with Crippen LogP contribution in [0.5, 0.6) is 0 Å². The number of anilines is 2. The van der Waals surface area contributed by atoms with Crippen molar-refractivity contribution in [2.24, 2.45) is 5.84 Å². The number of hydrogen-bond donors (Lipinski definition) is 3. The van der Waals surface area contributed by atoms with Gasteiger partial charge in [0.05, 0.1) is 0 Å². The largest absolute Gasteiger partial charge is 0.368 e. The number of hydrazine groups is 1. The number of nitrogens with one attached hydrogen (secondary N) is 2. The predicted octanol–water partition coefficient (Wildman–Crippen LogP) is 2.18. The van der Waals surface area contributed by atoms with E-state index in [2.05, 4.69) is 27.0 Å². The Hall–Kier alpha value is -0.660. The van der Waals surface area contributed by atoms with Gasteiger partial charge in [0.25, 0.3) is 0 Å². The van der Waals surface area contributed by atoms with Crippen molar-refractivity contribution in [3.8, 4) is 0 Å². The molecule has 5 nitrogen and oxygen atoms in total. The van der Waals surface area contributed by atoms with Crippen LogP contribution in [-0.4, -0.2) is 33.8 Å². The minimum atomic E-state index is 0.390. The molecule has 0 atom stereocenters. The molecule has 18 heavy (non-hydrogen) atoms. The van der Waals surface area contributed by atoms with E-state index in [1.165, 1.54) is 31.0 Å². The highest BCUT2D eigenvalue weighted by Gasteiger charge is 2.35. The number of nitrogens with zero attached hydrogens (tertiary/aromatic N) is 2. The molecule has 0 radical (unpaired) electrons. The summed E-state index contributed by atoms with van der Waals surface area (Å²) in [6.45, 7) is 0.947. The van der Waals surface area contributed by atoms with Gasteiger partial charge in [0.2, 0.25) is 0 Å². The summed E-state index contributed by atoms with van der Waals surface area (Å²) >= 11 is 3.46. The number of hydrogen-bond acceptors (Lipinski definition) is 7. The van der Waals surface area contributed by atoms with Crippen LogP contribution in [0.3, 0.4) is 0 Å². The molecule has 1 aliphatic carbocycles. The quantitative estimate of drug-likeness (QED) is 0.320. The molecule has 1 aliphatic rings. The van der Waals surface area contributed by atoms with Crippen molar-refractivity contribution in [1.82, 2.24) is 9.97 Å². The van der Waals surface area contributed by atoms with Crippen LogP contribution in [-0.2, 0) is 0 Å². The Bertz CT molecular complexity index is 381. The topological polar surface area (TPSA) is 75.9 Å². The standard InChI is InChI=1S/C11H19N5S2/c1-17-10-14-8(6-9(15-10)16-12)13-7-11(18-2)4-3-5-11/h6H,3-5,7,12H2,1-2H3,(H2,13,14,15,16). The third kappa shape index (κ3) is 3.02. The van der Waals surface area contributed by atoms with E-state index in [1.807, 2.05) is 24.1 Å². The van der Waals surface area contributed by atoms with Crippen LogP contribution >= 0.6 is 23.5 Å². The number of nitrogens with two attached hydrogens (primary N) is 1. The molecule has 0 spiro atoms. The van der Waals surface area contributed by atoms with Gasteiger partial charge in [-0.15, -0.1) is 0 Å². The van der Waals surface area contributed by atoms with E-state index in [0.29, 0.717) is 10.6 Å². The third-order valence-corrected chi connectivity index (χ3v) is 5.29. The van der Waals surface area contributed by atoms with E-state index in [1.54, 1.807) is 0 Å². The van der Waals surface area contributed by atoms with Crippen molar-refractivity contribution in [3.63, 3.8) is 0 Å².